The number of ether oxygens (including phenoxy) is 1. The quantitative estimate of drug-likeness (QED) is 0.781. The van der Waals surface area contributed by atoms with Crippen LogP contribution in [0.3, 0.4) is 0 Å². The molecular weight excluding hydrogens is 320 g/mol. The summed E-state index contributed by atoms with van der Waals surface area (Å²) in [7, 11) is 3.20. The lowest BCUT2D eigenvalue weighted by Crippen LogP contribution is -3.08. The SMILES string of the molecule is COC(=O)c1ccc(C[NH+](C)CC(=O)Nc2c(C)cc(C)cc2C)o1. The molecule has 0 radical (unpaired) electrons. The van der Waals surface area contributed by atoms with E-state index >= 15 is 0 Å². The number of methoxy groups -OCH3 is 1. The minimum absolute atomic E-state index is 0.0627. The summed E-state index contributed by atoms with van der Waals surface area (Å²) in [6.45, 7) is 6.81. The summed E-state index contributed by atoms with van der Waals surface area (Å²) >= 11 is 0. The van der Waals surface area contributed by atoms with Crippen molar-refractivity contribution in [2.75, 3.05) is 26.0 Å². The Morgan fingerprint density at radius 1 is 1.16 bits per heavy atom. The molecule has 0 spiro atoms. The number of likely N-dealkylation sites (N-methyl/N-ethyl adjacent to an activating group) is 1. The number of nitrogens with one attached hydrogen (secondary N) is 2. The molecule has 6 nitrogen and oxygen atoms in total. The molecule has 0 saturated carbocycles. The van der Waals surface area contributed by atoms with Crippen molar-refractivity contribution >= 4 is 17.6 Å². The molecule has 1 amide bonds. The molecule has 0 fully saturated rings. The molecule has 1 aromatic carbocycles. The zero-order chi connectivity index (χ0) is 18.6. The molecule has 25 heavy (non-hydrogen) atoms. The number of hydrogen-bond acceptors (Lipinski definition) is 4. The number of hydrogen-bond donors (Lipinski definition) is 2. The second-order valence-electron chi connectivity index (χ2n) is 6.39. The van der Waals surface area contributed by atoms with Crippen molar-refractivity contribution in [3.8, 4) is 0 Å². The smallest absolute Gasteiger partial charge is 0.373 e. The number of rotatable bonds is 6. The van der Waals surface area contributed by atoms with Crippen LogP contribution in [0, 0.1) is 20.8 Å². The van der Waals surface area contributed by atoms with E-state index in [-0.39, 0.29) is 11.7 Å². The number of esters is 1. The van der Waals surface area contributed by atoms with Gasteiger partial charge < -0.3 is 19.4 Å². The molecule has 0 aliphatic carbocycles. The van der Waals surface area contributed by atoms with E-state index in [9.17, 15) is 9.59 Å². The number of amides is 1. The monoisotopic (exact) mass is 345 g/mol. The number of benzene rings is 1. The number of aryl methyl sites for hydroxylation is 3. The predicted molar refractivity (Wildman–Crippen MR) is 94.8 cm³/mol. The lowest BCUT2D eigenvalue weighted by molar-refractivity contribution is -0.886. The van der Waals surface area contributed by atoms with E-state index in [4.69, 9.17) is 4.42 Å². The highest BCUT2D eigenvalue weighted by Gasteiger charge is 2.17. The fourth-order valence-corrected chi connectivity index (χ4v) is 2.88. The molecule has 0 saturated heterocycles. The Kier molecular flexibility index (Phi) is 5.98. The van der Waals surface area contributed by atoms with E-state index in [1.807, 2.05) is 27.8 Å². The number of carbonyl (C=O) groups is 2. The molecule has 0 aliphatic heterocycles. The molecule has 1 atom stereocenters. The van der Waals surface area contributed by atoms with Crippen LogP contribution in [-0.4, -0.2) is 32.6 Å². The van der Waals surface area contributed by atoms with Crippen LogP contribution >= 0.6 is 0 Å². The third-order valence-corrected chi connectivity index (χ3v) is 3.93. The van der Waals surface area contributed by atoms with Gasteiger partial charge in [-0.2, -0.15) is 0 Å². The number of furan rings is 1. The first-order valence-electron chi connectivity index (χ1n) is 8.16. The molecule has 134 valence electrons. The Morgan fingerprint density at radius 2 is 1.80 bits per heavy atom. The second-order valence-corrected chi connectivity index (χ2v) is 6.39. The van der Waals surface area contributed by atoms with E-state index < -0.39 is 5.97 Å². The van der Waals surface area contributed by atoms with E-state index in [0.29, 0.717) is 18.8 Å². The average molecular weight is 345 g/mol. The van der Waals surface area contributed by atoms with E-state index in [1.165, 1.54) is 12.7 Å². The highest BCUT2D eigenvalue weighted by Crippen LogP contribution is 2.21. The van der Waals surface area contributed by atoms with E-state index in [2.05, 4.69) is 22.2 Å². The number of anilines is 1. The predicted octanol–water partition coefficient (Wildman–Crippen LogP) is 1.64. The molecule has 0 aliphatic rings. The normalized spacial score (nSPS) is 11.9. The summed E-state index contributed by atoms with van der Waals surface area (Å²) in [4.78, 5) is 24.7. The first-order valence-corrected chi connectivity index (χ1v) is 8.16. The maximum atomic E-state index is 12.3. The van der Waals surface area contributed by atoms with Gasteiger partial charge in [0, 0.05) is 5.69 Å². The summed E-state index contributed by atoms with van der Waals surface area (Å²) in [5.41, 5.74) is 4.15. The van der Waals surface area contributed by atoms with Gasteiger partial charge in [-0.25, -0.2) is 4.79 Å². The van der Waals surface area contributed by atoms with Crippen molar-refractivity contribution in [3.63, 3.8) is 0 Å². The summed E-state index contributed by atoms with van der Waals surface area (Å²) in [5, 5.41) is 2.99. The fraction of sp³-hybridized carbons (Fsp3) is 0.368. The van der Waals surface area contributed by atoms with Crippen molar-refractivity contribution in [1.82, 2.24) is 0 Å². The summed E-state index contributed by atoms with van der Waals surface area (Å²) in [6.07, 6.45) is 0. The van der Waals surface area contributed by atoms with E-state index in [0.717, 1.165) is 21.7 Å². The Morgan fingerprint density at radius 3 is 2.40 bits per heavy atom. The number of quaternary nitrogens is 1. The largest absolute Gasteiger partial charge is 0.463 e. The summed E-state index contributed by atoms with van der Waals surface area (Å²) < 4.78 is 10.0. The van der Waals surface area contributed by atoms with Crippen LogP contribution < -0.4 is 10.2 Å². The fourth-order valence-electron chi connectivity index (χ4n) is 2.88. The van der Waals surface area contributed by atoms with Crippen molar-refractivity contribution in [2.24, 2.45) is 0 Å². The molecule has 2 rings (SSSR count). The average Bonchev–Trinajstić information content (AvgIpc) is 2.98. The first-order chi connectivity index (χ1) is 11.8. The lowest BCUT2D eigenvalue weighted by Gasteiger charge is -2.15. The second kappa shape index (κ2) is 7.98. The zero-order valence-corrected chi connectivity index (χ0v) is 15.4. The minimum atomic E-state index is -0.507. The van der Waals surface area contributed by atoms with Gasteiger partial charge in [-0.05, 0) is 44.0 Å². The summed E-state index contributed by atoms with van der Waals surface area (Å²) in [5.74, 6) is 0.230. The summed E-state index contributed by atoms with van der Waals surface area (Å²) in [6, 6.07) is 7.40. The minimum Gasteiger partial charge on any atom is -0.463 e. The molecule has 2 N–H and O–H groups in total. The van der Waals surface area contributed by atoms with Gasteiger partial charge in [0.2, 0.25) is 5.76 Å². The highest BCUT2D eigenvalue weighted by molar-refractivity contribution is 5.93. The lowest BCUT2D eigenvalue weighted by atomic mass is 10.1. The van der Waals surface area contributed by atoms with Crippen LogP contribution in [0.25, 0.3) is 0 Å². The van der Waals surface area contributed by atoms with Crippen LogP contribution in [0.4, 0.5) is 5.69 Å². The van der Waals surface area contributed by atoms with Gasteiger partial charge in [0.25, 0.3) is 5.91 Å². The Balaban J connectivity index is 1.94. The van der Waals surface area contributed by atoms with Crippen LogP contribution in [-0.2, 0) is 16.1 Å². The molecule has 1 aromatic heterocycles. The highest BCUT2D eigenvalue weighted by atomic mass is 16.5. The van der Waals surface area contributed by atoms with Gasteiger partial charge in [0.05, 0.1) is 14.2 Å². The van der Waals surface area contributed by atoms with Crippen LogP contribution in [0.15, 0.2) is 28.7 Å². The van der Waals surface area contributed by atoms with Crippen LogP contribution in [0.2, 0.25) is 0 Å². The Bertz CT molecular complexity index is 756. The van der Waals surface area contributed by atoms with Gasteiger partial charge in [-0.1, -0.05) is 17.7 Å². The molecular formula is C19H25N2O4+. The van der Waals surface area contributed by atoms with Crippen molar-refractivity contribution in [1.29, 1.82) is 0 Å². The third kappa shape index (κ3) is 4.93. The van der Waals surface area contributed by atoms with Crippen molar-refractivity contribution in [2.45, 2.75) is 27.3 Å². The first kappa shape index (κ1) is 18.7. The maximum absolute atomic E-state index is 12.3. The Labute approximate surface area is 147 Å². The van der Waals surface area contributed by atoms with Crippen LogP contribution in [0.1, 0.15) is 33.0 Å². The maximum Gasteiger partial charge on any atom is 0.373 e. The van der Waals surface area contributed by atoms with Gasteiger partial charge in [0.15, 0.2) is 12.3 Å². The van der Waals surface area contributed by atoms with Crippen LogP contribution in [0.5, 0.6) is 0 Å². The third-order valence-electron chi connectivity index (χ3n) is 3.93. The topological polar surface area (TPSA) is 73.0 Å². The van der Waals surface area contributed by atoms with E-state index in [1.54, 1.807) is 12.1 Å². The molecule has 6 heteroatoms. The van der Waals surface area contributed by atoms with Crippen molar-refractivity contribution in [3.05, 3.63) is 52.5 Å². The molecule has 0 bridgehead atoms. The molecule has 1 heterocycles. The standard InChI is InChI=1S/C19H24N2O4/c1-12-8-13(2)18(14(3)9-12)20-17(22)11-21(4)10-15-6-7-16(25-15)19(23)24-5/h6-9H,10-11H2,1-5H3,(H,20,22)/p+1. The van der Waals surface area contributed by atoms with Gasteiger partial charge in [-0.15, -0.1) is 0 Å². The number of carbonyl (C=O) groups excluding carboxylic acids is 2. The Hall–Kier alpha value is -2.60. The van der Waals surface area contributed by atoms with Gasteiger partial charge in [0.1, 0.15) is 6.54 Å². The molecule has 2 aromatic rings. The van der Waals surface area contributed by atoms with Gasteiger partial charge >= 0.3 is 5.97 Å². The van der Waals surface area contributed by atoms with Gasteiger partial charge in [-0.3, -0.25) is 4.79 Å². The molecule has 1 unspecified atom stereocenters. The van der Waals surface area contributed by atoms with Crippen molar-refractivity contribution < 1.29 is 23.6 Å². The zero-order valence-electron chi connectivity index (χ0n) is 15.4.